The largest absolute Gasteiger partial charge is 0.477 e. The van der Waals surface area contributed by atoms with Crippen LogP contribution in [0.4, 0.5) is 0 Å². The molecule has 2 aromatic heterocycles. The fourth-order valence-corrected chi connectivity index (χ4v) is 2.71. The number of hydrogen-bond donors (Lipinski definition) is 1. The van der Waals surface area contributed by atoms with Gasteiger partial charge in [-0.1, -0.05) is 6.08 Å². The summed E-state index contributed by atoms with van der Waals surface area (Å²) in [5.41, 5.74) is -0.616. The van der Waals surface area contributed by atoms with E-state index in [0.29, 0.717) is 11.9 Å². The monoisotopic (exact) mass is 249 g/mol. The highest BCUT2D eigenvalue weighted by Gasteiger charge is 2.15. The topological polar surface area (TPSA) is 59.3 Å². The summed E-state index contributed by atoms with van der Waals surface area (Å²) in [7, 11) is 0. The van der Waals surface area contributed by atoms with Gasteiger partial charge in [-0.25, -0.2) is 4.79 Å². The van der Waals surface area contributed by atoms with Crippen molar-refractivity contribution in [3.63, 3.8) is 0 Å². The molecule has 5 heteroatoms. The lowest BCUT2D eigenvalue weighted by Gasteiger charge is -2.06. The zero-order chi connectivity index (χ0) is 12.6. The number of hydrogen-bond acceptors (Lipinski definition) is 3. The molecule has 0 unspecified atom stereocenters. The second kappa shape index (κ2) is 4.18. The third kappa shape index (κ3) is 1.89. The average molecular weight is 249 g/mol. The van der Waals surface area contributed by atoms with Crippen LogP contribution in [0.3, 0.4) is 0 Å². The van der Waals surface area contributed by atoms with Gasteiger partial charge in [0.25, 0.3) is 0 Å². The number of aromatic carboxylic acids is 1. The van der Waals surface area contributed by atoms with E-state index in [0.717, 1.165) is 9.71 Å². The van der Waals surface area contributed by atoms with Crippen LogP contribution in [0.1, 0.15) is 15.2 Å². The fourth-order valence-electron chi connectivity index (χ4n) is 1.72. The minimum atomic E-state index is -1.20. The molecule has 0 amide bonds. The third-order valence-electron chi connectivity index (χ3n) is 2.43. The molecule has 2 aromatic rings. The summed E-state index contributed by atoms with van der Waals surface area (Å²) >= 11 is 1.48. The van der Waals surface area contributed by atoms with Gasteiger partial charge in [-0.3, -0.25) is 4.79 Å². The second-order valence-corrected chi connectivity index (χ2v) is 4.93. The second-order valence-electron chi connectivity index (χ2n) is 3.69. The van der Waals surface area contributed by atoms with Crippen molar-refractivity contribution in [1.82, 2.24) is 4.57 Å². The van der Waals surface area contributed by atoms with Crippen LogP contribution in [0.25, 0.3) is 10.2 Å². The highest BCUT2D eigenvalue weighted by Crippen LogP contribution is 2.23. The zero-order valence-electron chi connectivity index (χ0n) is 9.27. The molecule has 2 heterocycles. The Balaban J connectivity index is 2.88. The Morgan fingerprint density at radius 2 is 2.35 bits per heavy atom. The lowest BCUT2D eigenvalue weighted by Crippen LogP contribution is -2.17. The van der Waals surface area contributed by atoms with Gasteiger partial charge in [-0.2, -0.15) is 0 Å². The number of fused-ring (bicyclic) bond motifs is 1. The molecule has 0 aliphatic heterocycles. The first-order chi connectivity index (χ1) is 8.04. The number of aromatic nitrogens is 1. The summed E-state index contributed by atoms with van der Waals surface area (Å²) in [6, 6.07) is 1.73. The molecule has 4 nitrogen and oxygen atoms in total. The first kappa shape index (κ1) is 11.6. The van der Waals surface area contributed by atoms with Gasteiger partial charge >= 0.3 is 5.97 Å². The third-order valence-corrected chi connectivity index (χ3v) is 3.51. The quantitative estimate of drug-likeness (QED) is 0.849. The molecule has 0 aromatic carbocycles. The van der Waals surface area contributed by atoms with Crippen LogP contribution in [0, 0.1) is 6.92 Å². The van der Waals surface area contributed by atoms with E-state index in [-0.39, 0.29) is 5.56 Å². The predicted octanol–water partition coefficient (Wildman–Crippen LogP) is 2.26. The summed E-state index contributed by atoms with van der Waals surface area (Å²) in [6.45, 7) is 6.00. The number of carboxylic acids is 1. The number of carbonyl (C=O) groups is 1. The molecule has 0 fully saturated rings. The summed E-state index contributed by atoms with van der Waals surface area (Å²) < 4.78 is 1.74. The van der Waals surface area contributed by atoms with Crippen molar-refractivity contribution in [1.29, 1.82) is 0 Å². The van der Waals surface area contributed by atoms with E-state index in [2.05, 4.69) is 6.58 Å². The summed E-state index contributed by atoms with van der Waals surface area (Å²) in [5.74, 6) is -1.20. The van der Waals surface area contributed by atoms with E-state index >= 15 is 0 Å². The van der Waals surface area contributed by atoms with Crippen molar-refractivity contribution in [3.8, 4) is 0 Å². The SMILES string of the molecule is C=CCn1cc(C(=O)O)c(=O)c2cc(C)sc21. The fraction of sp³-hybridized carbons (Fsp3) is 0.167. The molecule has 0 bridgehead atoms. The highest BCUT2D eigenvalue weighted by atomic mass is 32.1. The Labute approximate surface area is 101 Å². The van der Waals surface area contributed by atoms with Crippen LogP contribution in [0.2, 0.25) is 0 Å². The number of carboxylic acid groups (broad SMARTS) is 1. The Bertz CT molecular complexity index is 666. The Kier molecular flexibility index (Phi) is 2.85. The van der Waals surface area contributed by atoms with Gasteiger partial charge in [0.2, 0.25) is 5.43 Å². The molecule has 0 aliphatic rings. The highest BCUT2D eigenvalue weighted by molar-refractivity contribution is 7.18. The van der Waals surface area contributed by atoms with Gasteiger partial charge in [0.1, 0.15) is 10.4 Å². The van der Waals surface area contributed by atoms with Crippen molar-refractivity contribution in [3.05, 3.63) is 45.6 Å². The Morgan fingerprint density at radius 3 is 2.94 bits per heavy atom. The van der Waals surface area contributed by atoms with Crippen LogP contribution in [0.15, 0.2) is 29.7 Å². The van der Waals surface area contributed by atoms with Crippen LogP contribution >= 0.6 is 11.3 Å². The van der Waals surface area contributed by atoms with E-state index in [9.17, 15) is 9.59 Å². The summed E-state index contributed by atoms with van der Waals surface area (Å²) in [5, 5.41) is 9.46. The smallest absolute Gasteiger partial charge is 0.341 e. The minimum absolute atomic E-state index is 0.197. The standard InChI is InChI=1S/C12H11NO3S/c1-3-4-13-6-9(12(15)16)10(14)8-5-7(2)17-11(8)13/h3,5-6H,1,4H2,2H3,(H,15,16). The van der Waals surface area contributed by atoms with Gasteiger partial charge in [0.15, 0.2) is 0 Å². The molecule has 88 valence electrons. The maximum absolute atomic E-state index is 11.9. The molecule has 17 heavy (non-hydrogen) atoms. The van der Waals surface area contributed by atoms with E-state index < -0.39 is 11.4 Å². The maximum atomic E-state index is 11.9. The Hall–Kier alpha value is -1.88. The number of nitrogens with zero attached hydrogens (tertiary/aromatic N) is 1. The molecular weight excluding hydrogens is 238 g/mol. The normalized spacial score (nSPS) is 10.6. The number of aryl methyl sites for hydroxylation is 1. The van der Waals surface area contributed by atoms with Crippen molar-refractivity contribution in [2.24, 2.45) is 0 Å². The van der Waals surface area contributed by atoms with Crippen molar-refractivity contribution in [2.75, 3.05) is 0 Å². The van der Waals surface area contributed by atoms with Crippen molar-refractivity contribution >= 4 is 27.5 Å². The van der Waals surface area contributed by atoms with Crippen LogP contribution in [-0.2, 0) is 6.54 Å². The average Bonchev–Trinajstić information content (AvgIpc) is 2.64. The van der Waals surface area contributed by atoms with Gasteiger partial charge in [-0.15, -0.1) is 17.9 Å². The van der Waals surface area contributed by atoms with Crippen LogP contribution in [0.5, 0.6) is 0 Å². The van der Waals surface area contributed by atoms with Crippen molar-refractivity contribution in [2.45, 2.75) is 13.5 Å². The molecule has 0 saturated heterocycles. The zero-order valence-corrected chi connectivity index (χ0v) is 10.1. The first-order valence-corrected chi connectivity index (χ1v) is 5.84. The molecule has 2 rings (SSSR count). The lowest BCUT2D eigenvalue weighted by molar-refractivity contribution is 0.0695. The van der Waals surface area contributed by atoms with Gasteiger partial charge in [-0.05, 0) is 13.0 Å². The molecule has 0 saturated carbocycles. The molecule has 0 radical (unpaired) electrons. The lowest BCUT2D eigenvalue weighted by atomic mass is 10.2. The van der Waals surface area contributed by atoms with E-state index in [4.69, 9.17) is 5.11 Å². The molecule has 0 spiro atoms. The predicted molar refractivity (Wildman–Crippen MR) is 68.0 cm³/mol. The van der Waals surface area contributed by atoms with E-state index in [1.54, 1.807) is 16.7 Å². The van der Waals surface area contributed by atoms with Crippen LogP contribution < -0.4 is 5.43 Å². The van der Waals surface area contributed by atoms with Gasteiger partial charge in [0.05, 0.1) is 5.39 Å². The molecule has 0 atom stereocenters. The van der Waals surface area contributed by atoms with E-state index in [1.165, 1.54) is 17.5 Å². The number of allylic oxidation sites excluding steroid dienone is 1. The number of rotatable bonds is 3. The van der Waals surface area contributed by atoms with Gasteiger partial charge in [0, 0.05) is 17.6 Å². The maximum Gasteiger partial charge on any atom is 0.341 e. The molecular formula is C12H11NO3S. The number of thiophene rings is 1. The van der Waals surface area contributed by atoms with E-state index in [1.807, 2.05) is 6.92 Å². The van der Waals surface area contributed by atoms with Gasteiger partial charge < -0.3 is 9.67 Å². The molecule has 0 aliphatic carbocycles. The number of pyridine rings is 1. The summed E-state index contributed by atoms with van der Waals surface area (Å²) in [4.78, 5) is 24.7. The van der Waals surface area contributed by atoms with Crippen molar-refractivity contribution < 1.29 is 9.90 Å². The van der Waals surface area contributed by atoms with Crippen LogP contribution in [-0.4, -0.2) is 15.6 Å². The Morgan fingerprint density at radius 1 is 1.65 bits per heavy atom. The summed E-state index contributed by atoms with van der Waals surface area (Å²) in [6.07, 6.45) is 3.05. The molecule has 1 N–H and O–H groups in total. The minimum Gasteiger partial charge on any atom is -0.477 e. The first-order valence-electron chi connectivity index (χ1n) is 5.02.